The van der Waals surface area contributed by atoms with Crippen molar-refractivity contribution in [2.45, 2.75) is 31.7 Å². The molecule has 0 aromatic carbocycles. The summed E-state index contributed by atoms with van der Waals surface area (Å²) >= 11 is 0. The zero-order valence-electron chi connectivity index (χ0n) is 9.78. The summed E-state index contributed by atoms with van der Waals surface area (Å²) in [6.07, 6.45) is 4.32. The molecule has 1 aliphatic heterocycles. The van der Waals surface area contributed by atoms with Crippen molar-refractivity contribution in [3.63, 3.8) is 0 Å². The van der Waals surface area contributed by atoms with Gasteiger partial charge in [-0.2, -0.15) is 17.4 Å². The van der Waals surface area contributed by atoms with Crippen LogP contribution in [0.2, 0.25) is 0 Å². The monoisotopic (exact) mass is 247 g/mol. The normalized spacial score (nSPS) is 27.2. The van der Waals surface area contributed by atoms with Gasteiger partial charge in [-0.3, -0.25) is 0 Å². The smallest absolute Gasteiger partial charge is 0.279 e. The van der Waals surface area contributed by atoms with Crippen molar-refractivity contribution in [1.29, 1.82) is 0 Å². The van der Waals surface area contributed by atoms with Gasteiger partial charge in [0.2, 0.25) is 0 Å². The second-order valence-corrected chi connectivity index (χ2v) is 6.70. The van der Waals surface area contributed by atoms with E-state index in [0.717, 1.165) is 25.9 Å². The highest BCUT2D eigenvalue weighted by molar-refractivity contribution is 7.87. The molecule has 1 heterocycles. The number of piperidine rings is 1. The van der Waals surface area contributed by atoms with Crippen molar-refractivity contribution in [1.82, 2.24) is 14.3 Å². The predicted octanol–water partition coefficient (Wildman–Crippen LogP) is -0.0854. The van der Waals surface area contributed by atoms with E-state index in [9.17, 15) is 8.42 Å². The van der Waals surface area contributed by atoms with Crippen LogP contribution in [0.15, 0.2) is 0 Å². The summed E-state index contributed by atoms with van der Waals surface area (Å²) in [5, 5.41) is 3.20. The molecule has 1 atom stereocenters. The Morgan fingerprint density at radius 3 is 2.69 bits per heavy atom. The van der Waals surface area contributed by atoms with E-state index < -0.39 is 10.2 Å². The highest BCUT2D eigenvalue weighted by atomic mass is 32.2. The number of rotatable bonds is 5. The fourth-order valence-electron chi connectivity index (χ4n) is 2.02. The van der Waals surface area contributed by atoms with Gasteiger partial charge in [0.1, 0.15) is 0 Å². The summed E-state index contributed by atoms with van der Waals surface area (Å²) in [5.41, 5.74) is 0. The molecule has 0 amide bonds. The highest BCUT2D eigenvalue weighted by Gasteiger charge is 2.29. The maximum absolute atomic E-state index is 11.9. The van der Waals surface area contributed by atoms with E-state index in [1.807, 2.05) is 0 Å². The molecule has 1 aliphatic carbocycles. The summed E-state index contributed by atoms with van der Waals surface area (Å²) in [6, 6.07) is 0.0559. The molecule has 2 N–H and O–H groups in total. The third-order valence-corrected chi connectivity index (χ3v) is 4.84. The van der Waals surface area contributed by atoms with Gasteiger partial charge in [0.15, 0.2) is 0 Å². The Morgan fingerprint density at radius 2 is 2.12 bits per heavy atom. The molecular formula is C10H21N3O2S. The molecule has 94 valence electrons. The molecule has 2 fully saturated rings. The highest BCUT2D eigenvalue weighted by Crippen LogP contribution is 2.29. The molecule has 1 saturated heterocycles. The van der Waals surface area contributed by atoms with Crippen LogP contribution in [-0.2, 0) is 10.2 Å². The third kappa shape index (κ3) is 3.41. The Balaban J connectivity index is 1.84. The maximum Gasteiger partial charge on any atom is 0.279 e. The van der Waals surface area contributed by atoms with Crippen molar-refractivity contribution in [3.05, 3.63) is 0 Å². The van der Waals surface area contributed by atoms with Gasteiger partial charge in [-0.25, -0.2) is 0 Å². The van der Waals surface area contributed by atoms with Gasteiger partial charge in [0.05, 0.1) is 0 Å². The van der Waals surface area contributed by atoms with Crippen molar-refractivity contribution in [2.24, 2.45) is 5.92 Å². The molecule has 2 rings (SSSR count). The maximum atomic E-state index is 11.9. The first kappa shape index (κ1) is 12.3. The molecule has 1 saturated carbocycles. The largest absolute Gasteiger partial charge is 0.315 e. The Labute approximate surface area is 97.8 Å². The van der Waals surface area contributed by atoms with Gasteiger partial charge in [0.25, 0.3) is 10.2 Å². The van der Waals surface area contributed by atoms with Gasteiger partial charge in [0, 0.05) is 26.2 Å². The average molecular weight is 247 g/mol. The first-order chi connectivity index (χ1) is 7.58. The van der Waals surface area contributed by atoms with Crippen molar-refractivity contribution in [3.8, 4) is 0 Å². The van der Waals surface area contributed by atoms with Crippen LogP contribution < -0.4 is 10.0 Å². The van der Waals surface area contributed by atoms with E-state index >= 15 is 0 Å². The molecule has 16 heavy (non-hydrogen) atoms. The predicted molar refractivity (Wildman–Crippen MR) is 63.3 cm³/mol. The fourth-order valence-corrected chi connectivity index (χ4v) is 3.22. The summed E-state index contributed by atoms with van der Waals surface area (Å²) in [7, 11) is -1.61. The van der Waals surface area contributed by atoms with Crippen molar-refractivity contribution >= 4 is 10.2 Å². The average Bonchev–Trinajstić information content (AvgIpc) is 3.02. The van der Waals surface area contributed by atoms with Crippen molar-refractivity contribution in [2.75, 3.05) is 26.7 Å². The molecule has 5 nitrogen and oxygen atoms in total. The lowest BCUT2D eigenvalue weighted by atomic mass is 10.1. The van der Waals surface area contributed by atoms with Crippen LogP contribution >= 0.6 is 0 Å². The summed E-state index contributed by atoms with van der Waals surface area (Å²) in [6.45, 7) is 2.40. The molecule has 0 aromatic heterocycles. The summed E-state index contributed by atoms with van der Waals surface area (Å²) < 4.78 is 28.1. The quantitative estimate of drug-likeness (QED) is 0.714. The molecule has 0 spiro atoms. The van der Waals surface area contributed by atoms with E-state index in [2.05, 4.69) is 10.0 Å². The van der Waals surface area contributed by atoms with Gasteiger partial charge < -0.3 is 5.32 Å². The Kier molecular flexibility index (Phi) is 3.84. The van der Waals surface area contributed by atoms with Gasteiger partial charge in [-0.05, 0) is 38.1 Å². The standard InChI is InChI=1S/C10H21N3O2S/c1-13(8-9-4-5-9)16(14,15)12-10-3-2-6-11-7-10/h9-12H,2-8H2,1H3. The fraction of sp³-hybridized carbons (Fsp3) is 1.00. The van der Waals surface area contributed by atoms with Crippen LogP contribution in [0.3, 0.4) is 0 Å². The molecular weight excluding hydrogens is 226 g/mol. The topological polar surface area (TPSA) is 61.4 Å². The number of nitrogens with one attached hydrogen (secondary N) is 2. The van der Waals surface area contributed by atoms with Crippen LogP contribution in [0.1, 0.15) is 25.7 Å². The second kappa shape index (κ2) is 5.00. The Morgan fingerprint density at radius 1 is 1.38 bits per heavy atom. The molecule has 1 unspecified atom stereocenters. The van der Waals surface area contributed by atoms with E-state index in [-0.39, 0.29) is 6.04 Å². The van der Waals surface area contributed by atoms with Crippen LogP contribution in [0, 0.1) is 5.92 Å². The number of hydrogen-bond acceptors (Lipinski definition) is 3. The molecule has 0 aromatic rings. The van der Waals surface area contributed by atoms with Crippen LogP contribution in [0.5, 0.6) is 0 Å². The van der Waals surface area contributed by atoms with Gasteiger partial charge >= 0.3 is 0 Å². The van der Waals surface area contributed by atoms with Gasteiger partial charge in [-0.15, -0.1) is 0 Å². The summed E-state index contributed by atoms with van der Waals surface area (Å²) in [4.78, 5) is 0. The first-order valence-electron chi connectivity index (χ1n) is 6.02. The summed E-state index contributed by atoms with van der Waals surface area (Å²) in [5.74, 6) is 0.589. The molecule has 6 heteroatoms. The number of nitrogens with zero attached hydrogens (tertiary/aromatic N) is 1. The zero-order valence-corrected chi connectivity index (χ0v) is 10.6. The first-order valence-corrected chi connectivity index (χ1v) is 7.46. The van der Waals surface area contributed by atoms with Crippen LogP contribution in [0.4, 0.5) is 0 Å². The van der Waals surface area contributed by atoms with E-state index in [4.69, 9.17) is 0 Å². The Hall–Kier alpha value is -0.170. The Bertz CT molecular complexity index is 321. The lowest BCUT2D eigenvalue weighted by Gasteiger charge is -2.26. The second-order valence-electron chi connectivity index (χ2n) is 4.89. The van der Waals surface area contributed by atoms with E-state index in [1.165, 1.54) is 17.1 Å². The SMILES string of the molecule is CN(CC1CC1)S(=O)(=O)NC1CCCNC1. The molecule has 0 bridgehead atoms. The minimum atomic E-state index is -3.27. The third-order valence-electron chi connectivity index (χ3n) is 3.24. The lowest BCUT2D eigenvalue weighted by molar-refractivity contribution is 0.398. The molecule has 2 aliphatic rings. The lowest BCUT2D eigenvalue weighted by Crippen LogP contribution is -2.50. The minimum absolute atomic E-state index is 0.0559. The van der Waals surface area contributed by atoms with Gasteiger partial charge in [-0.1, -0.05) is 0 Å². The molecule has 0 radical (unpaired) electrons. The zero-order chi connectivity index (χ0) is 11.6. The number of hydrogen-bond donors (Lipinski definition) is 2. The van der Waals surface area contributed by atoms with Crippen molar-refractivity contribution < 1.29 is 8.42 Å². The van der Waals surface area contributed by atoms with E-state index in [0.29, 0.717) is 12.5 Å². The van der Waals surface area contributed by atoms with Crippen LogP contribution in [0.25, 0.3) is 0 Å². The minimum Gasteiger partial charge on any atom is -0.315 e. The van der Waals surface area contributed by atoms with E-state index in [1.54, 1.807) is 7.05 Å². The van der Waals surface area contributed by atoms with Crippen LogP contribution in [-0.4, -0.2) is 45.4 Å².